The second-order valence-corrected chi connectivity index (χ2v) is 7.10. The van der Waals surface area contributed by atoms with Crippen molar-refractivity contribution in [1.29, 1.82) is 0 Å². The predicted molar refractivity (Wildman–Crippen MR) is 86.5 cm³/mol. The van der Waals surface area contributed by atoms with Crippen molar-refractivity contribution in [2.75, 3.05) is 19.6 Å². The second kappa shape index (κ2) is 6.90. The minimum atomic E-state index is 0.0792. The third-order valence-electron chi connectivity index (χ3n) is 4.70. The largest absolute Gasteiger partial charge is 0.347 e. The molecular formula is C16H25N3OS. The van der Waals surface area contributed by atoms with Crippen LogP contribution in [0.1, 0.15) is 43.5 Å². The second-order valence-electron chi connectivity index (χ2n) is 6.12. The van der Waals surface area contributed by atoms with E-state index in [0.717, 1.165) is 32.5 Å². The van der Waals surface area contributed by atoms with E-state index >= 15 is 0 Å². The van der Waals surface area contributed by atoms with Gasteiger partial charge in [0.05, 0.1) is 12.1 Å². The van der Waals surface area contributed by atoms with Crippen LogP contribution >= 0.6 is 11.3 Å². The third kappa shape index (κ3) is 3.47. The number of hydrogen-bond donors (Lipinski definition) is 2. The summed E-state index contributed by atoms with van der Waals surface area (Å²) in [6.07, 6.45) is 4.50. The molecule has 2 atom stereocenters. The van der Waals surface area contributed by atoms with Crippen molar-refractivity contribution in [3.05, 3.63) is 22.4 Å². The maximum atomic E-state index is 12.6. The molecule has 3 heterocycles. The molecule has 1 amide bonds. The number of nitrogens with zero attached hydrogens (tertiary/aromatic N) is 1. The highest BCUT2D eigenvalue weighted by Crippen LogP contribution is 2.26. The lowest BCUT2D eigenvalue weighted by molar-refractivity contribution is -0.127. The fourth-order valence-electron chi connectivity index (χ4n) is 3.56. The summed E-state index contributed by atoms with van der Waals surface area (Å²) >= 11 is 1.71. The van der Waals surface area contributed by atoms with Crippen LogP contribution in [0.2, 0.25) is 0 Å². The van der Waals surface area contributed by atoms with E-state index in [-0.39, 0.29) is 18.0 Å². The monoisotopic (exact) mass is 307 g/mol. The van der Waals surface area contributed by atoms with Gasteiger partial charge in [0.15, 0.2) is 0 Å². The molecule has 0 aromatic carbocycles. The van der Waals surface area contributed by atoms with E-state index in [4.69, 9.17) is 0 Å². The molecule has 0 radical (unpaired) electrons. The van der Waals surface area contributed by atoms with Crippen LogP contribution in [0, 0.1) is 0 Å². The zero-order valence-electron chi connectivity index (χ0n) is 12.7. The summed E-state index contributed by atoms with van der Waals surface area (Å²) in [4.78, 5) is 16.3. The quantitative estimate of drug-likeness (QED) is 0.896. The van der Waals surface area contributed by atoms with E-state index in [9.17, 15) is 4.79 Å². The van der Waals surface area contributed by atoms with Gasteiger partial charge in [0.25, 0.3) is 0 Å². The van der Waals surface area contributed by atoms with E-state index in [1.165, 1.54) is 17.7 Å². The number of carbonyl (C=O) groups excluding carboxylic acids is 1. The maximum Gasteiger partial charge on any atom is 0.237 e. The van der Waals surface area contributed by atoms with Gasteiger partial charge >= 0.3 is 0 Å². The summed E-state index contributed by atoms with van der Waals surface area (Å²) in [5.41, 5.74) is 0. The first-order chi connectivity index (χ1) is 10.3. The van der Waals surface area contributed by atoms with Crippen LogP contribution < -0.4 is 10.6 Å². The minimum Gasteiger partial charge on any atom is -0.347 e. The fraction of sp³-hybridized carbons (Fsp3) is 0.688. The van der Waals surface area contributed by atoms with Crippen LogP contribution in [0.25, 0.3) is 0 Å². The Morgan fingerprint density at radius 1 is 1.43 bits per heavy atom. The van der Waals surface area contributed by atoms with Gasteiger partial charge in [-0.3, -0.25) is 9.69 Å². The number of amides is 1. The molecule has 21 heavy (non-hydrogen) atoms. The lowest BCUT2D eigenvalue weighted by atomic mass is 10.0. The summed E-state index contributed by atoms with van der Waals surface area (Å²) in [7, 11) is 0. The van der Waals surface area contributed by atoms with Crippen molar-refractivity contribution < 1.29 is 4.79 Å². The molecule has 0 spiro atoms. The van der Waals surface area contributed by atoms with Crippen molar-refractivity contribution in [2.45, 2.75) is 50.7 Å². The Balaban J connectivity index is 1.60. The van der Waals surface area contributed by atoms with E-state index in [0.29, 0.717) is 6.04 Å². The first-order valence-electron chi connectivity index (χ1n) is 8.06. The smallest absolute Gasteiger partial charge is 0.237 e. The van der Waals surface area contributed by atoms with Crippen LogP contribution in [0.5, 0.6) is 0 Å². The van der Waals surface area contributed by atoms with Gasteiger partial charge < -0.3 is 10.6 Å². The van der Waals surface area contributed by atoms with Gasteiger partial charge in [0.2, 0.25) is 5.91 Å². The predicted octanol–water partition coefficient (Wildman–Crippen LogP) is 2.14. The first kappa shape index (κ1) is 15.0. The number of likely N-dealkylation sites (tertiary alicyclic amines) is 1. The standard InChI is InChI=1S/C16H25N3OS/c1-12(15-5-3-11-21-15)18-16(20)14-4-2-10-19(14)13-6-8-17-9-7-13/h3,5,11-14,17H,2,4,6-10H2,1H3,(H,18,20). The van der Waals surface area contributed by atoms with Gasteiger partial charge in [-0.25, -0.2) is 0 Å². The number of carbonyl (C=O) groups is 1. The van der Waals surface area contributed by atoms with Crippen LogP contribution in [0.4, 0.5) is 0 Å². The zero-order valence-corrected chi connectivity index (χ0v) is 13.5. The molecule has 4 nitrogen and oxygen atoms in total. The van der Waals surface area contributed by atoms with Crippen molar-refractivity contribution in [3.8, 4) is 0 Å². The first-order valence-corrected chi connectivity index (χ1v) is 8.94. The van der Waals surface area contributed by atoms with Gasteiger partial charge in [-0.15, -0.1) is 11.3 Å². The van der Waals surface area contributed by atoms with Gasteiger partial charge in [-0.2, -0.15) is 0 Å². The van der Waals surface area contributed by atoms with Gasteiger partial charge in [-0.1, -0.05) is 6.07 Å². The SMILES string of the molecule is CC(NC(=O)C1CCCN1C1CCNCC1)c1cccs1. The molecule has 0 saturated carbocycles. The summed E-state index contributed by atoms with van der Waals surface area (Å²) < 4.78 is 0. The molecule has 116 valence electrons. The molecule has 2 N–H and O–H groups in total. The number of rotatable bonds is 4. The van der Waals surface area contributed by atoms with E-state index in [1.807, 2.05) is 6.07 Å². The Bertz CT molecular complexity index is 456. The molecule has 2 aliphatic rings. The molecular weight excluding hydrogens is 282 g/mol. The number of hydrogen-bond acceptors (Lipinski definition) is 4. The van der Waals surface area contributed by atoms with Crippen LogP contribution in [-0.4, -0.2) is 42.5 Å². The topological polar surface area (TPSA) is 44.4 Å². The number of nitrogens with one attached hydrogen (secondary N) is 2. The van der Waals surface area contributed by atoms with Crippen molar-refractivity contribution in [1.82, 2.24) is 15.5 Å². The van der Waals surface area contributed by atoms with Crippen LogP contribution in [-0.2, 0) is 4.79 Å². The average molecular weight is 307 g/mol. The Hall–Kier alpha value is -0.910. The highest BCUT2D eigenvalue weighted by molar-refractivity contribution is 7.10. The van der Waals surface area contributed by atoms with E-state index < -0.39 is 0 Å². The molecule has 3 rings (SSSR count). The molecule has 2 fully saturated rings. The van der Waals surface area contributed by atoms with E-state index in [1.54, 1.807) is 11.3 Å². The lowest BCUT2D eigenvalue weighted by Gasteiger charge is -2.35. The maximum absolute atomic E-state index is 12.6. The van der Waals surface area contributed by atoms with Gasteiger partial charge in [0.1, 0.15) is 0 Å². The number of thiophene rings is 1. The molecule has 1 aromatic heterocycles. The van der Waals surface area contributed by atoms with Crippen molar-refractivity contribution >= 4 is 17.2 Å². The Kier molecular flexibility index (Phi) is 4.93. The highest BCUT2D eigenvalue weighted by Gasteiger charge is 2.36. The average Bonchev–Trinajstić information content (AvgIpc) is 3.19. The third-order valence-corrected chi connectivity index (χ3v) is 5.76. The van der Waals surface area contributed by atoms with Crippen LogP contribution in [0.3, 0.4) is 0 Å². The molecule has 0 aliphatic carbocycles. The summed E-state index contributed by atoms with van der Waals surface area (Å²) in [5, 5.41) is 8.68. The molecule has 2 saturated heterocycles. The summed E-state index contributed by atoms with van der Waals surface area (Å²) in [5.74, 6) is 0.215. The lowest BCUT2D eigenvalue weighted by Crippen LogP contribution is -2.51. The molecule has 1 aromatic rings. The molecule has 2 aliphatic heterocycles. The summed E-state index contributed by atoms with van der Waals surface area (Å²) in [6.45, 7) is 5.33. The van der Waals surface area contributed by atoms with Crippen molar-refractivity contribution in [2.24, 2.45) is 0 Å². The molecule has 2 unspecified atom stereocenters. The van der Waals surface area contributed by atoms with Gasteiger partial charge in [-0.05, 0) is 63.7 Å². The van der Waals surface area contributed by atoms with Crippen molar-refractivity contribution in [3.63, 3.8) is 0 Å². The summed E-state index contributed by atoms with van der Waals surface area (Å²) in [6, 6.07) is 4.92. The van der Waals surface area contributed by atoms with E-state index in [2.05, 4.69) is 33.9 Å². The molecule has 0 bridgehead atoms. The zero-order chi connectivity index (χ0) is 14.7. The highest BCUT2D eigenvalue weighted by atomic mass is 32.1. The Morgan fingerprint density at radius 2 is 2.24 bits per heavy atom. The Labute approximate surface area is 130 Å². The fourth-order valence-corrected chi connectivity index (χ4v) is 4.30. The van der Waals surface area contributed by atoms with Crippen LogP contribution in [0.15, 0.2) is 17.5 Å². The Morgan fingerprint density at radius 3 is 2.95 bits per heavy atom. The normalized spacial score (nSPS) is 25.9. The minimum absolute atomic E-state index is 0.0792. The molecule has 5 heteroatoms. The van der Waals surface area contributed by atoms with Gasteiger partial charge in [0, 0.05) is 10.9 Å². The number of piperidine rings is 1.